The number of benzene rings is 3. The molecule has 158 valence electrons. The summed E-state index contributed by atoms with van der Waals surface area (Å²) in [5.41, 5.74) is 2.86. The van der Waals surface area contributed by atoms with Crippen molar-refractivity contribution in [3.63, 3.8) is 0 Å². The minimum atomic E-state index is -0.492. The fraction of sp³-hybridized carbons (Fsp3) is 0.240. The maximum atomic E-state index is 12.7. The van der Waals surface area contributed by atoms with Crippen LogP contribution < -0.4 is 10.6 Å². The van der Waals surface area contributed by atoms with Gasteiger partial charge in [0.1, 0.15) is 6.04 Å². The van der Waals surface area contributed by atoms with E-state index >= 15 is 0 Å². The Morgan fingerprint density at radius 2 is 1.90 bits per heavy atom. The van der Waals surface area contributed by atoms with Gasteiger partial charge in [0.05, 0.1) is 12.2 Å². The van der Waals surface area contributed by atoms with Crippen LogP contribution in [0.15, 0.2) is 60.7 Å². The molecule has 3 aromatic carbocycles. The van der Waals surface area contributed by atoms with Crippen LogP contribution >= 0.6 is 0 Å². The number of fused-ring (bicyclic) bond motifs is 1. The molecule has 0 saturated carbocycles. The Morgan fingerprint density at radius 1 is 1.06 bits per heavy atom. The van der Waals surface area contributed by atoms with Crippen molar-refractivity contribution in [3.05, 3.63) is 71.8 Å². The number of amides is 2. The Morgan fingerprint density at radius 3 is 2.71 bits per heavy atom. The van der Waals surface area contributed by atoms with Gasteiger partial charge in [-0.1, -0.05) is 36.4 Å². The first-order valence-corrected chi connectivity index (χ1v) is 10.5. The molecule has 1 fully saturated rings. The smallest absolute Gasteiger partial charge is 0.338 e. The van der Waals surface area contributed by atoms with Gasteiger partial charge in [-0.05, 0) is 65.9 Å². The molecule has 0 spiro atoms. The van der Waals surface area contributed by atoms with Gasteiger partial charge in [-0.25, -0.2) is 4.79 Å². The van der Waals surface area contributed by atoms with Crippen molar-refractivity contribution >= 4 is 28.6 Å². The predicted molar refractivity (Wildman–Crippen MR) is 119 cm³/mol. The van der Waals surface area contributed by atoms with Crippen molar-refractivity contribution < 1.29 is 19.1 Å². The van der Waals surface area contributed by atoms with E-state index in [0.717, 1.165) is 28.3 Å². The lowest BCUT2D eigenvalue weighted by Crippen LogP contribution is -2.50. The normalized spacial score (nSPS) is 15.9. The quantitative estimate of drug-likeness (QED) is 0.622. The first kappa shape index (κ1) is 20.6. The van der Waals surface area contributed by atoms with E-state index < -0.39 is 6.04 Å². The molecule has 4 rings (SSSR count). The summed E-state index contributed by atoms with van der Waals surface area (Å²) in [6.07, 6.45) is 1.49. The summed E-state index contributed by atoms with van der Waals surface area (Å²) in [4.78, 5) is 36.7. The Hall–Kier alpha value is -3.67. The highest BCUT2D eigenvalue weighted by Crippen LogP contribution is 2.30. The molecular formula is C25H24N2O4. The third-order valence-electron chi connectivity index (χ3n) is 5.42. The number of nitrogens with one attached hydrogen (secondary N) is 2. The van der Waals surface area contributed by atoms with Crippen molar-refractivity contribution in [1.29, 1.82) is 0 Å². The highest BCUT2D eigenvalue weighted by Gasteiger charge is 2.24. The van der Waals surface area contributed by atoms with E-state index in [4.69, 9.17) is 4.74 Å². The van der Waals surface area contributed by atoms with Gasteiger partial charge in [-0.2, -0.15) is 0 Å². The number of ether oxygens (including phenoxy) is 1. The van der Waals surface area contributed by atoms with Crippen molar-refractivity contribution in [2.24, 2.45) is 0 Å². The zero-order valence-electron chi connectivity index (χ0n) is 17.3. The highest BCUT2D eigenvalue weighted by molar-refractivity contribution is 6.04. The molecule has 0 aliphatic carbocycles. The summed E-state index contributed by atoms with van der Waals surface area (Å²) >= 11 is 0. The number of hydrogen-bond donors (Lipinski definition) is 2. The molecule has 1 unspecified atom stereocenters. The van der Waals surface area contributed by atoms with E-state index in [9.17, 15) is 14.4 Å². The van der Waals surface area contributed by atoms with Crippen LogP contribution in [0.5, 0.6) is 0 Å². The second kappa shape index (κ2) is 9.00. The van der Waals surface area contributed by atoms with Gasteiger partial charge in [-0.3, -0.25) is 9.59 Å². The van der Waals surface area contributed by atoms with Gasteiger partial charge in [-0.15, -0.1) is 0 Å². The van der Waals surface area contributed by atoms with Crippen LogP contribution in [-0.2, 0) is 9.53 Å². The van der Waals surface area contributed by atoms with Crippen LogP contribution in [0.4, 0.5) is 0 Å². The Balaban J connectivity index is 1.63. The van der Waals surface area contributed by atoms with Crippen molar-refractivity contribution in [3.8, 4) is 11.1 Å². The standard InChI is InChI=1S/C25H24N2O4/c1-2-31-25(30)19-8-3-6-17(15-19)20-9-4-7-16-14-18(11-12-21(16)20)23(28)27-22-10-5-13-26-24(22)29/h3-4,6-9,11-12,14-15,22H,2,5,10,13H2,1H3,(H,26,29)(H,27,28). The summed E-state index contributed by atoms with van der Waals surface area (Å²) in [6, 6.07) is 18.2. The van der Waals surface area contributed by atoms with Crippen molar-refractivity contribution in [2.75, 3.05) is 13.2 Å². The van der Waals surface area contributed by atoms with Crippen LogP contribution in [0.2, 0.25) is 0 Å². The monoisotopic (exact) mass is 416 g/mol. The van der Waals surface area contributed by atoms with E-state index in [0.29, 0.717) is 30.7 Å². The summed E-state index contributed by atoms with van der Waals surface area (Å²) < 4.78 is 5.11. The molecule has 1 saturated heterocycles. The Labute approximate surface area is 180 Å². The molecule has 0 radical (unpaired) electrons. The summed E-state index contributed by atoms with van der Waals surface area (Å²) in [5, 5.41) is 7.47. The number of carbonyl (C=O) groups excluding carboxylic acids is 3. The first-order chi connectivity index (χ1) is 15.1. The SMILES string of the molecule is CCOC(=O)c1cccc(-c2cccc3cc(C(=O)NC4CCCNC4=O)ccc23)c1. The number of rotatable bonds is 5. The van der Waals surface area contributed by atoms with Gasteiger partial charge in [0, 0.05) is 12.1 Å². The van der Waals surface area contributed by atoms with E-state index in [1.807, 2.05) is 48.5 Å². The molecular weight excluding hydrogens is 392 g/mol. The first-order valence-electron chi connectivity index (χ1n) is 10.5. The van der Waals surface area contributed by atoms with Crippen LogP contribution in [-0.4, -0.2) is 37.0 Å². The van der Waals surface area contributed by atoms with Gasteiger partial charge in [0.25, 0.3) is 5.91 Å². The molecule has 6 heteroatoms. The molecule has 1 heterocycles. The average molecular weight is 416 g/mol. The lowest BCUT2D eigenvalue weighted by atomic mass is 9.95. The van der Waals surface area contributed by atoms with E-state index in [1.165, 1.54) is 0 Å². The van der Waals surface area contributed by atoms with Gasteiger partial charge in [0.2, 0.25) is 5.91 Å². The number of esters is 1. The maximum absolute atomic E-state index is 12.7. The number of hydrogen-bond acceptors (Lipinski definition) is 4. The van der Waals surface area contributed by atoms with Gasteiger partial charge < -0.3 is 15.4 Å². The molecule has 0 aromatic heterocycles. The lowest BCUT2D eigenvalue weighted by Gasteiger charge is -2.22. The molecule has 6 nitrogen and oxygen atoms in total. The molecule has 1 aliphatic heterocycles. The van der Waals surface area contributed by atoms with Crippen LogP contribution in [0, 0.1) is 0 Å². The highest BCUT2D eigenvalue weighted by atomic mass is 16.5. The average Bonchev–Trinajstić information content (AvgIpc) is 2.80. The van der Waals surface area contributed by atoms with Crippen LogP contribution in [0.25, 0.3) is 21.9 Å². The fourth-order valence-electron chi connectivity index (χ4n) is 3.86. The molecule has 0 bridgehead atoms. The topological polar surface area (TPSA) is 84.5 Å². The van der Waals surface area contributed by atoms with Crippen molar-refractivity contribution in [1.82, 2.24) is 10.6 Å². The van der Waals surface area contributed by atoms with E-state index in [1.54, 1.807) is 19.1 Å². The van der Waals surface area contributed by atoms with Crippen LogP contribution in [0.1, 0.15) is 40.5 Å². The molecule has 31 heavy (non-hydrogen) atoms. The molecule has 2 amide bonds. The number of carbonyl (C=O) groups is 3. The van der Waals surface area contributed by atoms with Crippen LogP contribution in [0.3, 0.4) is 0 Å². The van der Waals surface area contributed by atoms with Gasteiger partial charge in [0.15, 0.2) is 0 Å². The maximum Gasteiger partial charge on any atom is 0.338 e. The largest absolute Gasteiger partial charge is 0.462 e. The van der Waals surface area contributed by atoms with E-state index in [-0.39, 0.29) is 17.8 Å². The zero-order chi connectivity index (χ0) is 21.8. The van der Waals surface area contributed by atoms with E-state index in [2.05, 4.69) is 10.6 Å². The Kier molecular flexibility index (Phi) is 5.98. The predicted octanol–water partition coefficient (Wildman–Crippen LogP) is 3.69. The molecule has 2 N–H and O–H groups in total. The zero-order valence-corrected chi connectivity index (χ0v) is 17.3. The summed E-state index contributed by atoms with van der Waals surface area (Å²) in [6.45, 7) is 2.76. The minimum absolute atomic E-state index is 0.135. The molecule has 1 atom stereocenters. The fourth-order valence-corrected chi connectivity index (χ4v) is 3.86. The van der Waals surface area contributed by atoms with Crippen molar-refractivity contribution in [2.45, 2.75) is 25.8 Å². The molecule has 3 aromatic rings. The minimum Gasteiger partial charge on any atom is -0.462 e. The summed E-state index contributed by atoms with van der Waals surface area (Å²) in [5.74, 6) is -0.752. The molecule has 1 aliphatic rings. The lowest BCUT2D eigenvalue weighted by molar-refractivity contribution is -0.124. The summed E-state index contributed by atoms with van der Waals surface area (Å²) in [7, 11) is 0. The van der Waals surface area contributed by atoms with Gasteiger partial charge >= 0.3 is 5.97 Å². The third kappa shape index (κ3) is 4.43. The second-order valence-electron chi connectivity index (χ2n) is 7.50. The second-order valence-corrected chi connectivity index (χ2v) is 7.50. The third-order valence-corrected chi connectivity index (χ3v) is 5.42. The number of piperidine rings is 1. The Bertz CT molecular complexity index is 1160.